The quantitative estimate of drug-likeness (QED) is 0.820. The van der Waals surface area contributed by atoms with Crippen molar-refractivity contribution >= 4 is 11.0 Å². The first-order valence-corrected chi connectivity index (χ1v) is 10.2. The number of ether oxygens (including phenoxy) is 2. The predicted octanol–water partition coefficient (Wildman–Crippen LogP) is 3.23. The maximum atomic E-state index is 14.6. The van der Waals surface area contributed by atoms with Crippen molar-refractivity contribution in [3.05, 3.63) is 39.6 Å². The van der Waals surface area contributed by atoms with Gasteiger partial charge in [0.25, 0.3) is 0 Å². The van der Waals surface area contributed by atoms with E-state index in [-0.39, 0.29) is 35.4 Å². The number of aromatic nitrogens is 2. The van der Waals surface area contributed by atoms with Crippen LogP contribution in [0, 0.1) is 5.82 Å². The van der Waals surface area contributed by atoms with Crippen molar-refractivity contribution in [2.75, 3.05) is 13.2 Å². The van der Waals surface area contributed by atoms with Crippen molar-refractivity contribution in [1.82, 2.24) is 9.55 Å². The van der Waals surface area contributed by atoms with Gasteiger partial charge >= 0.3 is 0 Å². The average Bonchev–Trinajstić information content (AvgIpc) is 3.24. The lowest BCUT2D eigenvalue weighted by Gasteiger charge is -2.23. The summed E-state index contributed by atoms with van der Waals surface area (Å²) in [7, 11) is 0. The van der Waals surface area contributed by atoms with E-state index in [2.05, 4.69) is 4.98 Å². The van der Waals surface area contributed by atoms with E-state index in [1.54, 1.807) is 0 Å². The van der Waals surface area contributed by atoms with Crippen LogP contribution in [0.15, 0.2) is 16.9 Å². The second kappa shape index (κ2) is 8.68. The molecule has 1 saturated carbocycles. The molecule has 1 N–H and O–H groups in total. The summed E-state index contributed by atoms with van der Waals surface area (Å²) in [5.74, 6) is -0.493. The number of pyridine rings is 2. The summed E-state index contributed by atoms with van der Waals surface area (Å²) in [6.45, 7) is 0.774. The van der Waals surface area contributed by atoms with Crippen LogP contribution in [0.3, 0.4) is 0 Å². The standard InChI is InChI=1S/C21H27FN2O4/c22-17-12-16-19(26)11-15(13-25)24(14-5-1-2-6-14)21(16)23-18(17)8-10-28-20-7-3-4-9-27-20/h11-12,14,20,25H,1-10,13H2. The molecule has 0 amide bonds. The van der Waals surface area contributed by atoms with E-state index in [9.17, 15) is 14.3 Å². The summed E-state index contributed by atoms with van der Waals surface area (Å²) in [5, 5.41) is 10.0. The van der Waals surface area contributed by atoms with Crippen molar-refractivity contribution in [3.63, 3.8) is 0 Å². The SMILES string of the molecule is O=c1cc(CO)n(C2CCCC2)c2nc(CCOC3CCCCO3)c(F)cc12. The largest absolute Gasteiger partial charge is 0.390 e. The van der Waals surface area contributed by atoms with E-state index in [0.29, 0.717) is 31.0 Å². The molecule has 2 fully saturated rings. The molecule has 1 unspecified atom stereocenters. The lowest BCUT2D eigenvalue weighted by molar-refractivity contribution is -0.161. The van der Waals surface area contributed by atoms with Gasteiger partial charge in [0.2, 0.25) is 0 Å². The highest BCUT2D eigenvalue weighted by atomic mass is 19.1. The fourth-order valence-corrected chi connectivity index (χ4v) is 4.31. The van der Waals surface area contributed by atoms with Gasteiger partial charge in [-0.1, -0.05) is 12.8 Å². The molecule has 3 heterocycles. The first kappa shape index (κ1) is 19.5. The Kier molecular flexibility index (Phi) is 6.04. The van der Waals surface area contributed by atoms with Crippen LogP contribution in [-0.2, 0) is 22.5 Å². The second-order valence-corrected chi connectivity index (χ2v) is 7.67. The minimum atomic E-state index is -0.493. The Balaban J connectivity index is 1.64. The van der Waals surface area contributed by atoms with Crippen molar-refractivity contribution in [3.8, 4) is 0 Å². The lowest BCUT2D eigenvalue weighted by Crippen LogP contribution is -2.23. The molecule has 28 heavy (non-hydrogen) atoms. The van der Waals surface area contributed by atoms with E-state index < -0.39 is 5.82 Å². The molecule has 1 aliphatic carbocycles. The molecule has 152 valence electrons. The molecule has 2 aromatic heterocycles. The first-order valence-electron chi connectivity index (χ1n) is 10.2. The van der Waals surface area contributed by atoms with Crippen LogP contribution in [0.25, 0.3) is 11.0 Å². The van der Waals surface area contributed by atoms with Gasteiger partial charge in [-0.15, -0.1) is 0 Å². The van der Waals surface area contributed by atoms with Gasteiger partial charge < -0.3 is 19.1 Å². The number of halogens is 1. The Labute approximate surface area is 163 Å². The molecule has 2 aromatic rings. The average molecular weight is 390 g/mol. The minimum absolute atomic E-state index is 0.183. The van der Waals surface area contributed by atoms with Gasteiger partial charge in [-0.25, -0.2) is 9.37 Å². The Morgan fingerprint density at radius 1 is 1.21 bits per heavy atom. The van der Waals surface area contributed by atoms with Gasteiger partial charge in [0.1, 0.15) is 11.5 Å². The third-order valence-electron chi connectivity index (χ3n) is 5.76. The third kappa shape index (κ3) is 3.97. The van der Waals surface area contributed by atoms with Gasteiger partial charge in [0.15, 0.2) is 11.7 Å². The van der Waals surface area contributed by atoms with Crippen molar-refractivity contribution < 1.29 is 19.0 Å². The fourth-order valence-electron chi connectivity index (χ4n) is 4.31. The molecule has 1 aliphatic heterocycles. The number of aliphatic hydroxyl groups is 1. The van der Waals surface area contributed by atoms with E-state index in [1.165, 1.54) is 12.1 Å². The van der Waals surface area contributed by atoms with Gasteiger partial charge in [-0.05, 0) is 38.2 Å². The van der Waals surface area contributed by atoms with Crippen molar-refractivity contribution in [2.24, 2.45) is 0 Å². The molecule has 0 bridgehead atoms. The summed E-state index contributed by atoms with van der Waals surface area (Å²) >= 11 is 0. The molecule has 1 saturated heterocycles. The zero-order valence-corrected chi connectivity index (χ0v) is 16.0. The molecule has 1 atom stereocenters. The maximum absolute atomic E-state index is 14.6. The van der Waals surface area contributed by atoms with Crippen LogP contribution in [0.4, 0.5) is 4.39 Å². The van der Waals surface area contributed by atoms with E-state index in [1.807, 2.05) is 4.57 Å². The van der Waals surface area contributed by atoms with Crippen LogP contribution < -0.4 is 5.43 Å². The Hall–Kier alpha value is -1.83. The highest BCUT2D eigenvalue weighted by Gasteiger charge is 2.23. The molecule has 7 heteroatoms. The zero-order chi connectivity index (χ0) is 19.5. The Morgan fingerprint density at radius 2 is 2.00 bits per heavy atom. The van der Waals surface area contributed by atoms with E-state index in [0.717, 1.165) is 44.9 Å². The number of aliphatic hydroxyl groups excluding tert-OH is 1. The number of hydrogen-bond donors (Lipinski definition) is 1. The second-order valence-electron chi connectivity index (χ2n) is 7.67. The third-order valence-corrected chi connectivity index (χ3v) is 5.76. The van der Waals surface area contributed by atoms with E-state index >= 15 is 0 Å². The van der Waals surface area contributed by atoms with Crippen LogP contribution in [0.1, 0.15) is 62.4 Å². The van der Waals surface area contributed by atoms with Crippen LogP contribution >= 0.6 is 0 Å². The molecular formula is C21H27FN2O4. The molecule has 0 aromatic carbocycles. The van der Waals surface area contributed by atoms with E-state index in [4.69, 9.17) is 9.47 Å². The normalized spacial score (nSPS) is 20.9. The molecular weight excluding hydrogens is 363 g/mol. The summed E-state index contributed by atoms with van der Waals surface area (Å²) in [4.78, 5) is 17.0. The maximum Gasteiger partial charge on any atom is 0.191 e. The predicted molar refractivity (Wildman–Crippen MR) is 103 cm³/mol. The van der Waals surface area contributed by atoms with Gasteiger partial charge in [-0.2, -0.15) is 0 Å². The summed E-state index contributed by atoms with van der Waals surface area (Å²) in [6.07, 6.45) is 7.22. The topological polar surface area (TPSA) is 73.6 Å². The number of hydrogen-bond acceptors (Lipinski definition) is 5. The monoisotopic (exact) mass is 390 g/mol. The zero-order valence-electron chi connectivity index (χ0n) is 16.0. The summed E-state index contributed by atoms with van der Waals surface area (Å²) in [6, 6.07) is 2.87. The Morgan fingerprint density at radius 3 is 2.71 bits per heavy atom. The fraction of sp³-hybridized carbons (Fsp3) is 0.619. The highest BCUT2D eigenvalue weighted by Crippen LogP contribution is 2.32. The van der Waals surface area contributed by atoms with Crippen LogP contribution in [0.5, 0.6) is 0 Å². The molecule has 4 rings (SSSR count). The first-order chi connectivity index (χ1) is 13.7. The van der Waals surface area contributed by atoms with Gasteiger partial charge in [0, 0.05) is 30.8 Å². The number of fused-ring (bicyclic) bond motifs is 1. The summed E-state index contributed by atoms with van der Waals surface area (Å²) < 4.78 is 27.8. The highest BCUT2D eigenvalue weighted by molar-refractivity contribution is 5.76. The smallest absolute Gasteiger partial charge is 0.191 e. The molecule has 6 nitrogen and oxygen atoms in total. The molecule has 2 aliphatic rings. The van der Waals surface area contributed by atoms with Crippen molar-refractivity contribution in [2.45, 2.75) is 70.3 Å². The van der Waals surface area contributed by atoms with Crippen LogP contribution in [-0.4, -0.2) is 34.2 Å². The van der Waals surface area contributed by atoms with Crippen molar-refractivity contribution in [1.29, 1.82) is 0 Å². The van der Waals surface area contributed by atoms with Gasteiger partial charge in [0.05, 0.1) is 24.3 Å². The molecule has 0 radical (unpaired) electrons. The minimum Gasteiger partial charge on any atom is -0.390 e. The number of rotatable bonds is 6. The summed E-state index contributed by atoms with van der Waals surface area (Å²) in [5.41, 5.74) is 0.984. The van der Waals surface area contributed by atoms with Crippen LogP contribution in [0.2, 0.25) is 0 Å². The molecule has 0 spiro atoms. The number of nitrogens with zero attached hydrogens (tertiary/aromatic N) is 2. The lowest BCUT2D eigenvalue weighted by atomic mass is 10.1. The van der Waals surface area contributed by atoms with Gasteiger partial charge in [-0.3, -0.25) is 4.79 Å². The Bertz CT molecular complexity index is 886.